The van der Waals surface area contributed by atoms with Crippen LogP contribution in [0.25, 0.3) is 11.1 Å². The van der Waals surface area contributed by atoms with E-state index in [0.717, 1.165) is 15.8 Å². The summed E-state index contributed by atoms with van der Waals surface area (Å²) in [7, 11) is 1.23. The van der Waals surface area contributed by atoms with E-state index >= 15 is 0 Å². The van der Waals surface area contributed by atoms with Crippen molar-refractivity contribution < 1.29 is 28.8 Å². The minimum Gasteiger partial charge on any atom is -0.465 e. The molecule has 2 heterocycles. The van der Waals surface area contributed by atoms with Crippen molar-refractivity contribution in [2.24, 2.45) is 0 Å². The van der Waals surface area contributed by atoms with E-state index in [4.69, 9.17) is 16.3 Å². The predicted octanol–water partition coefficient (Wildman–Crippen LogP) is 4.70. The number of carbonyl (C=O) groups is 4. The summed E-state index contributed by atoms with van der Waals surface area (Å²) in [5.74, 6) is -2.76. The van der Waals surface area contributed by atoms with Crippen LogP contribution < -0.4 is 5.32 Å². The second kappa shape index (κ2) is 9.88. The third kappa shape index (κ3) is 4.45. The number of hydrogen-bond acceptors (Lipinski definition) is 8. The van der Waals surface area contributed by atoms with Crippen molar-refractivity contribution in [2.45, 2.75) is 13.3 Å². The van der Waals surface area contributed by atoms with Gasteiger partial charge in [-0.05, 0) is 30.7 Å². The minimum atomic E-state index is -0.833. The molecule has 0 bridgehead atoms. The first-order chi connectivity index (χ1) is 17.1. The molecule has 0 radical (unpaired) electrons. The zero-order valence-corrected chi connectivity index (χ0v) is 20.6. The molecule has 1 N–H and O–H groups in total. The fraction of sp³-hybridized carbons (Fsp3) is 0.167. The van der Waals surface area contributed by atoms with Crippen LogP contribution >= 0.6 is 22.9 Å². The molecule has 184 valence electrons. The molecule has 3 amide bonds. The number of anilines is 1. The molecule has 2 aromatic carbocycles. The van der Waals surface area contributed by atoms with Gasteiger partial charge in [0.25, 0.3) is 17.5 Å². The van der Waals surface area contributed by atoms with Crippen molar-refractivity contribution in [3.8, 4) is 11.1 Å². The molecule has 1 aliphatic rings. The van der Waals surface area contributed by atoms with E-state index in [2.05, 4.69) is 5.32 Å². The number of nitrogens with one attached hydrogen (secondary N) is 1. The fourth-order valence-corrected chi connectivity index (χ4v) is 5.27. The number of carbonyl (C=O) groups excluding carboxylic acids is 4. The van der Waals surface area contributed by atoms with Crippen LogP contribution in [0.3, 0.4) is 0 Å². The number of nitro benzene ring substituents is 1. The van der Waals surface area contributed by atoms with Gasteiger partial charge < -0.3 is 10.1 Å². The summed E-state index contributed by atoms with van der Waals surface area (Å²) in [6.07, 6.45) is -0.288. The summed E-state index contributed by atoms with van der Waals surface area (Å²) in [5.41, 5.74) is 0.556. The van der Waals surface area contributed by atoms with E-state index < -0.39 is 34.3 Å². The number of nitro groups is 1. The van der Waals surface area contributed by atoms with E-state index in [0.29, 0.717) is 16.1 Å². The third-order valence-electron chi connectivity index (χ3n) is 5.58. The molecule has 0 spiro atoms. The number of benzene rings is 2. The number of methoxy groups -OCH3 is 1. The second-order valence-corrected chi connectivity index (χ2v) is 9.42. The Morgan fingerprint density at radius 2 is 1.86 bits per heavy atom. The van der Waals surface area contributed by atoms with E-state index in [9.17, 15) is 29.3 Å². The van der Waals surface area contributed by atoms with Crippen LogP contribution in [-0.4, -0.2) is 47.2 Å². The molecule has 36 heavy (non-hydrogen) atoms. The Balaban J connectivity index is 1.55. The van der Waals surface area contributed by atoms with E-state index in [1.54, 1.807) is 31.2 Å². The topological polar surface area (TPSA) is 136 Å². The van der Waals surface area contributed by atoms with Crippen LogP contribution in [0.2, 0.25) is 5.02 Å². The standard InChI is InChI=1S/C24H18ClN3O7S/c1-12-18(13-5-3-6-14(25)11-13)20(24(32)35-2)21(36-12)26-17(29)9-10-27-22(30)15-7-4-8-16(28(33)34)19(15)23(27)31/h3-8,11H,9-10H2,1-2H3,(H,26,29). The molecule has 0 saturated heterocycles. The lowest BCUT2D eigenvalue weighted by molar-refractivity contribution is -0.385. The Morgan fingerprint density at radius 1 is 1.14 bits per heavy atom. The summed E-state index contributed by atoms with van der Waals surface area (Å²) in [5, 5.41) is 14.7. The van der Waals surface area contributed by atoms with Gasteiger partial charge in [0.15, 0.2) is 0 Å². The van der Waals surface area contributed by atoms with Crippen LogP contribution in [0.1, 0.15) is 42.4 Å². The number of hydrogen-bond donors (Lipinski definition) is 1. The molecular weight excluding hydrogens is 510 g/mol. The van der Waals surface area contributed by atoms with Gasteiger partial charge in [-0.25, -0.2) is 4.79 Å². The largest absolute Gasteiger partial charge is 0.465 e. The van der Waals surface area contributed by atoms with Crippen LogP contribution in [0.5, 0.6) is 0 Å². The SMILES string of the molecule is COC(=O)c1c(NC(=O)CCN2C(=O)c3cccc([N+](=O)[O-])c3C2=O)sc(C)c1-c1cccc(Cl)c1. The fourth-order valence-electron chi connectivity index (χ4n) is 3.99. The van der Waals surface area contributed by atoms with Gasteiger partial charge >= 0.3 is 5.97 Å². The van der Waals surface area contributed by atoms with Gasteiger partial charge in [0, 0.05) is 34.5 Å². The zero-order valence-electron chi connectivity index (χ0n) is 19.0. The van der Waals surface area contributed by atoms with Crippen LogP contribution in [0.4, 0.5) is 10.7 Å². The number of amides is 3. The molecule has 0 unspecified atom stereocenters. The average Bonchev–Trinajstić information content (AvgIpc) is 3.29. The number of imide groups is 1. The minimum absolute atomic E-state index is 0.0809. The van der Waals surface area contributed by atoms with Crippen LogP contribution in [0, 0.1) is 17.0 Å². The first-order valence-corrected chi connectivity index (χ1v) is 11.7. The van der Waals surface area contributed by atoms with Crippen molar-refractivity contribution in [2.75, 3.05) is 19.0 Å². The Labute approximate surface area is 213 Å². The highest BCUT2D eigenvalue weighted by atomic mass is 35.5. The Bertz CT molecular complexity index is 1450. The van der Waals surface area contributed by atoms with Gasteiger partial charge in [0.1, 0.15) is 16.1 Å². The summed E-state index contributed by atoms with van der Waals surface area (Å²) < 4.78 is 4.93. The number of fused-ring (bicyclic) bond motifs is 1. The summed E-state index contributed by atoms with van der Waals surface area (Å²) in [4.78, 5) is 62.8. The Morgan fingerprint density at radius 3 is 2.53 bits per heavy atom. The van der Waals surface area contributed by atoms with Gasteiger partial charge in [0.05, 0.1) is 17.6 Å². The first kappa shape index (κ1) is 25.0. The summed E-state index contributed by atoms with van der Waals surface area (Å²) in [6.45, 7) is 1.49. The number of nitrogens with zero attached hydrogens (tertiary/aromatic N) is 2. The van der Waals surface area contributed by atoms with E-state index in [-0.39, 0.29) is 34.7 Å². The number of esters is 1. The smallest absolute Gasteiger partial charge is 0.341 e. The molecule has 4 rings (SSSR count). The van der Waals surface area contributed by atoms with Gasteiger partial charge in [-0.3, -0.25) is 29.4 Å². The number of rotatable bonds is 7. The third-order valence-corrected chi connectivity index (χ3v) is 6.83. The number of aryl methyl sites for hydroxylation is 1. The molecule has 0 aliphatic carbocycles. The van der Waals surface area contributed by atoms with Crippen molar-refractivity contribution in [3.63, 3.8) is 0 Å². The maximum Gasteiger partial charge on any atom is 0.341 e. The van der Waals surface area contributed by atoms with Crippen molar-refractivity contribution in [1.82, 2.24) is 4.90 Å². The highest BCUT2D eigenvalue weighted by Gasteiger charge is 2.40. The lowest BCUT2D eigenvalue weighted by Gasteiger charge is -2.13. The van der Waals surface area contributed by atoms with Crippen molar-refractivity contribution in [1.29, 1.82) is 0 Å². The van der Waals surface area contributed by atoms with Gasteiger partial charge in [0.2, 0.25) is 5.91 Å². The lowest BCUT2D eigenvalue weighted by atomic mass is 10.0. The Hall–Kier alpha value is -4.09. The lowest BCUT2D eigenvalue weighted by Crippen LogP contribution is -2.33. The highest BCUT2D eigenvalue weighted by molar-refractivity contribution is 7.17. The van der Waals surface area contributed by atoms with Gasteiger partial charge in [-0.1, -0.05) is 29.8 Å². The maximum absolute atomic E-state index is 12.8. The van der Waals surface area contributed by atoms with Crippen LogP contribution in [0.15, 0.2) is 42.5 Å². The molecule has 10 nitrogen and oxygen atoms in total. The molecular formula is C24H18ClN3O7S. The summed E-state index contributed by atoms with van der Waals surface area (Å²) in [6, 6.07) is 10.7. The molecule has 1 aromatic heterocycles. The monoisotopic (exact) mass is 527 g/mol. The molecule has 0 saturated carbocycles. The van der Waals surface area contributed by atoms with Crippen molar-refractivity contribution >= 4 is 57.3 Å². The first-order valence-electron chi connectivity index (χ1n) is 10.5. The normalized spacial score (nSPS) is 12.5. The molecule has 12 heteroatoms. The molecule has 3 aromatic rings. The van der Waals surface area contributed by atoms with Crippen LogP contribution in [-0.2, 0) is 9.53 Å². The van der Waals surface area contributed by atoms with E-state index in [1.807, 2.05) is 0 Å². The summed E-state index contributed by atoms with van der Waals surface area (Å²) >= 11 is 7.28. The number of halogens is 1. The highest BCUT2D eigenvalue weighted by Crippen LogP contribution is 2.41. The second-order valence-electron chi connectivity index (χ2n) is 7.76. The van der Waals surface area contributed by atoms with E-state index in [1.165, 1.54) is 30.6 Å². The van der Waals surface area contributed by atoms with Crippen molar-refractivity contribution in [3.05, 3.63) is 79.2 Å². The predicted molar refractivity (Wildman–Crippen MR) is 133 cm³/mol. The average molecular weight is 528 g/mol. The van der Waals surface area contributed by atoms with Gasteiger partial charge in [-0.15, -0.1) is 11.3 Å². The number of ether oxygens (including phenoxy) is 1. The Kier molecular flexibility index (Phi) is 6.86. The van der Waals surface area contributed by atoms with Gasteiger partial charge in [-0.2, -0.15) is 0 Å². The molecule has 0 atom stereocenters. The zero-order chi connectivity index (χ0) is 26.1. The quantitative estimate of drug-likeness (QED) is 0.203. The maximum atomic E-state index is 12.8. The molecule has 1 aliphatic heterocycles. The molecule has 0 fully saturated rings. The number of thiophene rings is 1.